The van der Waals surface area contributed by atoms with Gasteiger partial charge in [0, 0.05) is 23.5 Å². The van der Waals surface area contributed by atoms with Crippen LogP contribution in [0.25, 0.3) is 0 Å². The van der Waals surface area contributed by atoms with Crippen molar-refractivity contribution in [2.75, 3.05) is 14.2 Å². The molecule has 1 saturated carbocycles. The van der Waals surface area contributed by atoms with Crippen LogP contribution in [0.1, 0.15) is 24.3 Å². The number of hydrogen-bond acceptors (Lipinski definition) is 5. The minimum atomic E-state index is -0.544. The van der Waals surface area contributed by atoms with Crippen molar-refractivity contribution < 1.29 is 19.1 Å². The van der Waals surface area contributed by atoms with Gasteiger partial charge in [0.2, 0.25) is 0 Å². The van der Waals surface area contributed by atoms with Crippen LogP contribution in [0.5, 0.6) is 0 Å². The Labute approximate surface area is 145 Å². The largest absolute Gasteiger partial charge is 0.466 e. The number of hydrogen-bond donors (Lipinski definition) is 0. The third kappa shape index (κ3) is 3.17. The minimum Gasteiger partial charge on any atom is -0.466 e. The Bertz CT molecular complexity index is 685. The predicted molar refractivity (Wildman–Crippen MR) is 89.3 cm³/mol. The molecule has 0 saturated heterocycles. The normalized spacial score (nSPS) is 17.9. The Morgan fingerprint density at radius 1 is 1.00 bits per heavy atom. The molecule has 0 radical (unpaired) electrons. The fourth-order valence-electron chi connectivity index (χ4n) is 2.85. The van der Waals surface area contributed by atoms with Gasteiger partial charge in [0.1, 0.15) is 0 Å². The summed E-state index contributed by atoms with van der Waals surface area (Å²) in [6.45, 7) is 0. The maximum absolute atomic E-state index is 12.3. The fourth-order valence-corrected chi connectivity index (χ4v) is 2.98. The molecule has 1 aromatic rings. The van der Waals surface area contributed by atoms with Gasteiger partial charge in [-0.05, 0) is 30.5 Å². The summed E-state index contributed by atoms with van der Waals surface area (Å²) in [5.74, 6) is -1.47. The van der Waals surface area contributed by atoms with Crippen molar-refractivity contribution in [1.29, 1.82) is 0 Å². The van der Waals surface area contributed by atoms with Crippen LogP contribution in [0, 0.1) is 0 Å². The first-order chi connectivity index (χ1) is 11.5. The molecular formula is C18H18ClNO4. The molecule has 0 bridgehead atoms. The van der Waals surface area contributed by atoms with E-state index in [2.05, 4.69) is 0 Å². The highest BCUT2D eigenvalue weighted by Crippen LogP contribution is 2.40. The molecule has 126 valence electrons. The minimum absolute atomic E-state index is 0.315. The Hall–Kier alpha value is -2.27. The van der Waals surface area contributed by atoms with Crippen molar-refractivity contribution in [3.8, 4) is 0 Å². The zero-order chi connectivity index (χ0) is 17.3. The molecule has 1 aliphatic heterocycles. The lowest BCUT2D eigenvalue weighted by atomic mass is 9.83. The Kier molecular flexibility index (Phi) is 4.62. The van der Waals surface area contributed by atoms with Gasteiger partial charge >= 0.3 is 11.9 Å². The average molecular weight is 348 g/mol. The van der Waals surface area contributed by atoms with Gasteiger partial charge in [-0.25, -0.2) is 9.59 Å². The molecule has 6 heteroatoms. The first-order valence-electron chi connectivity index (χ1n) is 7.68. The van der Waals surface area contributed by atoms with Gasteiger partial charge in [0.15, 0.2) is 0 Å². The van der Waals surface area contributed by atoms with E-state index in [9.17, 15) is 9.59 Å². The fraction of sp³-hybridized carbons (Fsp3) is 0.333. The zero-order valence-electron chi connectivity index (χ0n) is 13.5. The molecule has 0 amide bonds. The maximum Gasteiger partial charge on any atom is 0.336 e. The molecule has 1 aromatic carbocycles. The van der Waals surface area contributed by atoms with Crippen molar-refractivity contribution in [3.05, 3.63) is 58.4 Å². The van der Waals surface area contributed by atoms with Gasteiger partial charge in [-0.2, -0.15) is 0 Å². The van der Waals surface area contributed by atoms with E-state index in [0.717, 1.165) is 18.4 Å². The number of ether oxygens (including phenoxy) is 2. The number of carbonyl (C=O) groups excluding carboxylic acids is 2. The van der Waals surface area contributed by atoms with Gasteiger partial charge in [-0.3, -0.25) is 0 Å². The maximum atomic E-state index is 12.3. The van der Waals surface area contributed by atoms with E-state index in [4.69, 9.17) is 21.1 Å². The van der Waals surface area contributed by atoms with E-state index < -0.39 is 17.9 Å². The molecule has 0 atom stereocenters. The van der Waals surface area contributed by atoms with E-state index in [1.54, 1.807) is 36.7 Å². The lowest BCUT2D eigenvalue weighted by Crippen LogP contribution is -2.29. The zero-order valence-corrected chi connectivity index (χ0v) is 14.2. The van der Waals surface area contributed by atoms with Crippen LogP contribution < -0.4 is 0 Å². The summed E-state index contributed by atoms with van der Waals surface area (Å²) in [6, 6.07) is 7.37. The van der Waals surface area contributed by atoms with Crippen molar-refractivity contribution in [2.24, 2.45) is 0 Å². The number of carbonyl (C=O) groups is 2. The Morgan fingerprint density at radius 2 is 1.50 bits per heavy atom. The highest BCUT2D eigenvalue weighted by Gasteiger charge is 2.38. The van der Waals surface area contributed by atoms with Crippen LogP contribution in [-0.2, 0) is 19.1 Å². The quantitative estimate of drug-likeness (QED) is 0.784. The molecule has 1 fully saturated rings. The van der Waals surface area contributed by atoms with Crippen LogP contribution in [-0.4, -0.2) is 37.1 Å². The molecule has 0 unspecified atom stereocenters. The number of methoxy groups -OCH3 is 2. The van der Waals surface area contributed by atoms with Crippen molar-refractivity contribution in [2.45, 2.75) is 24.8 Å². The average Bonchev–Trinajstić information content (AvgIpc) is 3.45. The van der Waals surface area contributed by atoms with Gasteiger partial charge in [-0.15, -0.1) is 0 Å². The van der Waals surface area contributed by atoms with Crippen LogP contribution in [0.4, 0.5) is 0 Å². The summed E-state index contributed by atoms with van der Waals surface area (Å²) < 4.78 is 9.87. The summed E-state index contributed by atoms with van der Waals surface area (Å²) in [5.41, 5.74) is 1.60. The van der Waals surface area contributed by atoms with E-state index in [0.29, 0.717) is 22.2 Å². The molecular weight excluding hydrogens is 330 g/mol. The number of halogens is 1. The third-order valence-electron chi connectivity index (χ3n) is 4.21. The molecule has 24 heavy (non-hydrogen) atoms. The number of nitrogens with zero attached hydrogens (tertiary/aromatic N) is 1. The van der Waals surface area contributed by atoms with Crippen molar-refractivity contribution in [3.63, 3.8) is 0 Å². The van der Waals surface area contributed by atoms with Crippen molar-refractivity contribution >= 4 is 23.5 Å². The van der Waals surface area contributed by atoms with E-state index in [-0.39, 0.29) is 0 Å². The Morgan fingerprint density at radius 3 is 1.92 bits per heavy atom. The van der Waals surface area contributed by atoms with Crippen LogP contribution in [0.2, 0.25) is 5.02 Å². The smallest absolute Gasteiger partial charge is 0.336 e. The summed E-state index contributed by atoms with van der Waals surface area (Å²) in [5, 5.41) is 0.585. The molecule has 3 rings (SSSR count). The molecule has 1 heterocycles. The van der Waals surface area contributed by atoms with Gasteiger partial charge in [-0.1, -0.05) is 23.7 Å². The summed E-state index contributed by atoms with van der Waals surface area (Å²) in [6.07, 6.45) is 5.60. The van der Waals surface area contributed by atoms with E-state index in [1.807, 2.05) is 4.90 Å². The molecule has 0 spiro atoms. The summed E-state index contributed by atoms with van der Waals surface area (Å²) in [7, 11) is 2.67. The lowest BCUT2D eigenvalue weighted by Gasteiger charge is -2.30. The SMILES string of the molecule is COC(=O)C1=CN(C2CC2)C=C(C(=O)OC)C1c1ccc(Cl)cc1. The Balaban J connectivity index is 2.09. The molecule has 5 nitrogen and oxygen atoms in total. The first-order valence-corrected chi connectivity index (χ1v) is 8.06. The van der Waals surface area contributed by atoms with Crippen LogP contribution in [0.15, 0.2) is 47.8 Å². The molecule has 2 aliphatic rings. The predicted octanol–water partition coefficient (Wildman–Crippen LogP) is 3.02. The van der Waals surface area contributed by atoms with E-state index in [1.165, 1.54) is 14.2 Å². The topological polar surface area (TPSA) is 55.8 Å². The highest BCUT2D eigenvalue weighted by molar-refractivity contribution is 6.30. The van der Waals surface area contributed by atoms with Gasteiger partial charge in [0.05, 0.1) is 31.3 Å². The third-order valence-corrected chi connectivity index (χ3v) is 4.46. The van der Waals surface area contributed by atoms with Crippen molar-refractivity contribution in [1.82, 2.24) is 4.90 Å². The van der Waals surface area contributed by atoms with Crippen LogP contribution in [0.3, 0.4) is 0 Å². The lowest BCUT2D eigenvalue weighted by molar-refractivity contribution is -0.137. The number of esters is 2. The number of benzene rings is 1. The molecule has 0 aromatic heterocycles. The van der Waals surface area contributed by atoms with Gasteiger partial charge in [0.25, 0.3) is 0 Å². The summed E-state index contributed by atoms with van der Waals surface area (Å²) >= 11 is 5.96. The summed E-state index contributed by atoms with van der Waals surface area (Å²) in [4.78, 5) is 26.6. The standard InChI is InChI=1S/C18H18ClNO4/c1-23-17(21)14-9-20(13-7-8-13)10-15(18(22)24-2)16(14)11-3-5-12(19)6-4-11/h3-6,9-10,13,16H,7-8H2,1-2H3. The monoisotopic (exact) mass is 347 g/mol. The second-order valence-electron chi connectivity index (χ2n) is 5.81. The second-order valence-corrected chi connectivity index (χ2v) is 6.25. The highest BCUT2D eigenvalue weighted by atomic mass is 35.5. The van der Waals surface area contributed by atoms with Gasteiger partial charge < -0.3 is 14.4 Å². The van der Waals surface area contributed by atoms with E-state index >= 15 is 0 Å². The van der Waals surface area contributed by atoms with Crippen LogP contribution >= 0.6 is 11.6 Å². The molecule has 0 N–H and O–H groups in total. The first kappa shape index (κ1) is 16.6. The number of rotatable bonds is 4. The molecule has 1 aliphatic carbocycles. The second kappa shape index (κ2) is 6.69.